The molecule has 88 valence electrons. The van der Waals surface area contributed by atoms with Crippen molar-refractivity contribution in [3.8, 4) is 5.75 Å². The summed E-state index contributed by atoms with van der Waals surface area (Å²) in [5, 5.41) is 3.02. The molecule has 1 rings (SSSR count). The van der Waals surface area contributed by atoms with E-state index in [1.54, 1.807) is 14.2 Å². The van der Waals surface area contributed by atoms with E-state index in [0.717, 1.165) is 23.2 Å². The first kappa shape index (κ1) is 12.7. The van der Waals surface area contributed by atoms with Crippen molar-refractivity contribution >= 4 is 6.29 Å². The molecule has 1 aromatic carbocycles. The van der Waals surface area contributed by atoms with Gasteiger partial charge in [-0.3, -0.25) is 0 Å². The van der Waals surface area contributed by atoms with Crippen LogP contribution in [-0.2, 0) is 22.7 Å². The van der Waals surface area contributed by atoms with E-state index in [2.05, 4.69) is 5.32 Å². The van der Waals surface area contributed by atoms with Gasteiger partial charge >= 0.3 is 0 Å². The third-order valence-electron chi connectivity index (χ3n) is 2.28. The van der Waals surface area contributed by atoms with Crippen LogP contribution in [0.1, 0.15) is 11.1 Å². The molecule has 0 atom stereocenters. The van der Waals surface area contributed by atoms with Crippen LogP contribution in [0.2, 0.25) is 0 Å². The Morgan fingerprint density at radius 1 is 1.38 bits per heavy atom. The van der Waals surface area contributed by atoms with Gasteiger partial charge in [-0.1, -0.05) is 12.1 Å². The smallest absolute Gasteiger partial charge is 0.133 e. The lowest BCUT2D eigenvalue weighted by Crippen LogP contribution is -2.17. The normalized spacial score (nSPS) is 10.1. The Kier molecular flexibility index (Phi) is 5.53. The number of rotatable bonds is 7. The van der Waals surface area contributed by atoms with Gasteiger partial charge in [-0.15, -0.1) is 0 Å². The fourth-order valence-corrected chi connectivity index (χ4v) is 1.55. The van der Waals surface area contributed by atoms with E-state index in [-0.39, 0.29) is 0 Å². The summed E-state index contributed by atoms with van der Waals surface area (Å²) < 4.78 is 10.4. The highest BCUT2D eigenvalue weighted by atomic mass is 16.5. The van der Waals surface area contributed by atoms with Gasteiger partial charge in [0.05, 0.1) is 20.3 Å². The maximum absolute atomic E-state index is 10.2. The molecule has 0 unspecified atom stereocenters. The first-order chi connectivity index (χ1) is 7.83. The molecule has 0 aromatic heterocycles. The number of carbonyl (C=O) groups is 1. The second-order valence-electron chi connectivity index (χ2n) is 3.33. The van der Waals surface area contributed by atoms with Crippen LogP contribution in [0, 0.1) is 0 Å². The zero-order valence-corrected chi connectivity index (χ0v) is 9.66. The number of aldehydes is 1. The van der Waals surface area contributed by atoms with Gasteiger partial charge in [0.15, 0.2) is 0 Å². The summed E-state index contributed by atoms with van der Waals surface area (Å²) in [5.41, 5.74) is 2.11. The predicted octanol–water partition coefficient (Wildman–Crippen LogP) is 1.13. The molecule has 0 spiro atoms. The second kappa shape index (κ2) is 6.98. The zero-order chi connectivity index (χ0) is 11.8. The van der Waals surface area contributed by atoms with E-state index in [1.165, 1.54) is 0 Å². The van der Waals surface area contributed by atoms with Crippen LogP contribution in [-0.4, -0.2) is 27.1 Å². The summed E-state index contributed by atoms with van der Waals surface area (Å²) in [6.07, 6.45) is 0.839. The number of benzene rings is 1. The van der Waals surface area contributed by atoms with Crippen molar-refractivity contribution < 1.29 is 14.3 Å². The summed E-state index contributed by atoms with van der Waals surface area (Å²) in [6.45, 7) is 1.47. The summed E-state index contributed by atoms with van der Waals surface area (Å²) in [6, 6.07) is 5.82. The third-order valence-corrected chi connectivity index (χ3v) is 2.28. The fraction of sp³-hybridized carbons (Fsp3) is 0.417. The topological polar surface area (TPSA) is 47.6 Å². The van der Waals surface area contributed by atoms with Crippen LogP contribution in [0.15, 0.2) is 18.2 Å². The van der Waals surface area contributed by atoms with Gasteiger partial charge < -0.3 is 19.6 Å². The molecule has 0 saturated carbocycles. The average Bonchev–Trinajstić information content (AvgIpc) is 2.31. The van der Waals surface area contributed by atoms with E-state index in [9.17, 15) is 4.79 Å². The minimum atomic E-state index is 0.338. The molecule has 0 fully saturated rings. The summed E-state index contributed by atoms with van der Waals surface area (Å²) in [4.78, 5) is 10.2. The highest BCUT2D eigenvalue weighted by Crippen LogP contribution is 2.22. The minimum Gasteiger partial charge on any atom is -0.496 e. The number of carbonyl (C=O) groups excluding carboxylic acids is 1. The Morgan fingerprint density at radius 3 is 2.81 bits per heavy atom. The molecule has 0 radical (unpaired) electrons. The Hall–Kier alpha value is -1.39. The number of hydrogen-bond acceptors (Lipinski definition) is 4. The van der Waals surface area contributed by atoms with Crippen molar-refractivity contribution in [1.82, 2.24) is 5.32 Å². The van der Waals surface area contributed by atoms with E-state index in [4.69, 9.17) is 9.47 Å². The zero-order valence-electron chi connectivity index (χ0n) is 9.66. The molecular weight excluding hydrogens is 206 g/mol. The fourth-order valence-electron chi connectivity index (χ4n) is 1.55. The van der Waals surface area contributed by atoms with E-state index in [0.29, 0.717) is 19.7 Å². The van der Waals surface area contributed by atoms with Crippen LogP contribution < -0.4 is 10.1 Å². The van der Waals surface area contributed by atoms with Crippen LogP contribution in [0.5, 0.6) is 5.75 Å². The van der Waals surface area contributed by atoms with Crippen LogP contribution >= 0.6 is 0 Å². The standard InChI is InChI=1S/C12H17NO3/c1-15-9-10-4-3-5-12(16-2)11(10)8-13-6-7-14/h3-5,7,13H,6,8-9H2,1-2H3. The van der Waals surface area contributed by atoms with Crippen LogP contribution in [0.3, 0.4) is 0 Å². The van der Waals surface area contributed by atoms with Gasteiger partial charge in [-0.05, 0) is 11.6 Å². The summed E-state index contributed by atoms with van der Waals surface area (Å²) in [7, 11) is 3.29. The van der Waals surface area contributed by atoms with E-state index >= 15 is 0 Å². The molecule has 0 aliphatic carbocycles. The van der Waals surface area contributed by atoms with Gasteiger partial charge in [-0.2, -0.15) is 0 Å². The van der Waals surface area contributed by atoms with Crippen molar-refractivity contribution in [2.75, 3.05) is 20.8 Å². The van der Waals surface area contributed by atoms with E-state index in [1.807, 2.05) is 18.2 Å². The number of methoxy groups -OCH3 is 2. The summed E-state index contributed by atoms with van der Waals surface area (Å²) in [5.74, 6) is 0.813. The molecule has 0 heterocycles. The largest absolute Gasteiger partial charge is 0.496 e. The molecule has 0 bridgehead atoms. The van der Waals surface area contributed by atoms with Crippen molar-refractivity contribution in [2.24, 2.45) is 0 Å². The van der Waals surface area contributed by atoms with Crippen molar-refractivity contribution in [1.29, 1.82) is 0 Å². The number of hydrogen-bond donors (Lipinski definition) is 1. The lowest BCUT2D eigenvalue weighted by Gasteiger charge is -2.13. The first-order valence-electron chi connectivity index (χ1n) is 5.11. The molecule has 16 heavy (non-hydrogen) atoms. The van der Waals surface area contributed by atoms with Crippen LogP contribution in [0.25, 0.3) is 0 Å². The monoisotopic (exact) mass is 223 g/mol. The molecule has 4 nitrogen and oxygen atoms in total. The SMILES string of the molecule is COCc1cccc(OC)c1CNCC=O. The highest BCUT2D eigenvalue weighted by Gasteiger charge is 2.07. The van der Waals surface area contributed by atoms with E-state index < -0.39 is 0 Å². The Bertz CT molecular complexity index is 339. The Morgan fingerprint density at radius 2 is 2.19 bits per heavy atom. The van der Waals surface area contributed by atoms with Gasteiger partial charge in [0.1, 0.15) is 12.0 Å². The van der Waals surface area contributed by atoms with Gasteiger partial charge in [0.25, 0.3) is 0 Å². The van der Waals surface area contributed by atoms with Crippen molar-refractivity contribution in [2.45, 2.75) is 13.2 Å². The van der Waals surface area contributed by atoms with Crippen molar-refractivity contribution in [3.63, 3.8) is 0 Å². The molecule has 0 saturated heterocycles. The minimum absolute atomic E-state index is 0.338. The molecule has 0 amide bonds. The van der Waals surface area contributed by atoms with Crippen LogP contribution in [0.4, 0.5) is 0 Å². The number of nitrogens with one attached hydrogen (secondary N) is 1. The quantitative estimate of drug-likeness (QED) is 0.556. The Balaban J connectivity index is 2.85. The molecule has 0 aliphatic rings. The molecule has 1 aromatic rings. The van der Waals surface area contributed by atoms with Gasteiger partial charge in [0.2, 0.25) is 0 Å². The first-order valence-corrected chi connectivity index (χ1v) is 5.11. The lowest BCUT2D eigenvalue weighted by molar-refractivity contribution is -0.107. The Labute approximate surface area is 95.6 Å². The molecule has 0 aliphatic heterocycles. The molecular formula is C12H17NO3. The lowest BCUT2D eigenvalue weighted by atomic mass is 10.1. The number of ether oxygens (including phenoxy) is 2. The average molecular weight is 223 g/mol. The maximum atomic E-state index is 10.2. The summed E-state index contributed by atoms with van der Waals surface area (Å²) >= 11 is 0. The van der Waals surface area contributed by atoms with Crippen molar-refractivity contribution in [3.05, 3.63) is 29.3 Å². The maximum Gasteiger partial charge on any atom is 0.133 e. The highest BCUT2D eigenvalue weighted by molar-refractivity contribution is 5.52. The third kappa shape index (κ3) is 3.32. The second-order valence-corrected chi connectivity index (χ2v) is 3.33. The molecule has 1 N–H and O–H groups in total. The molecule has 4 heteroatoms. The predicted molar refractivity (Wildman–Crippen MR) is 61.5 cm³/mol. The van der Waals surface area contributed by atoms with Gasteiger partial charge in [0, 0.05) is 19.2 Å². The van der Waals surface area contributed by atoms with Gasteiger partial charge in [-0.25, -0.2) is 0 Å².